The molecule has 1 fully saturated rings. The van der Waals surface area contributed by atoms with Crippen molar-refractivity contribution in [2.45, 2.75) is 81.5 Å². The lowest BCUT2D eigenvalue weighted by Gasteiger charge is -2.09. The number of thiophene rings is 1. The zero-order valence-electron chi connectivity index (χ0n) is 16.8. The number of carbonyl (C=O) groups is 1. The van der Waals surface area contributed by atoms with Crippen LogP contribution in [0.5, 0.6) is 0 Å². The number of carbonyl (C=O) groups excluding carboxylic acids is 1. The van der Waals surface area contributed by atoms with E-state index in [0.29, 0.717) is 21.6 Å². The molecule has 1 atom stereocenters. The van der Waals surface area contributed by atoms with Crippen molar-refractivity contribution in [3.8, 4) is 6.07 Å². The van der Waals surface area contributed by atoms with Gasteiger partial charge in [0.25, 0.3) is 0 Å². The zero-order valence-corrected chi connectivity index (χ0v) is 18.4. The minimum Gasteiger partial charge on any atom is -0.316 e. The van der Waals surface area contributed by atoms with Crippen LogP contribution in [0.25, 0.3) is 0 Å². The van der Waals surface area contributed by atoms with Crippen molar-refractivity contribution in [2.24, 2.45) is 5.92 Å². The molecular weight excluding hydrogens is 402 g/mol. The van der Waals surface area contributed by atoms with Crippen molar-refractivity contribution in [3.05, 3.63) is 21.8 Å². The second-order valence-electron chi connectivity index (χ2n) is 8.05. The van der Waals surface area contributed by atoms with Crippen molar-refractivity contribution in [2.75, 3.05) is 5.32 Å². The van der Waals surface area contributed by atoms with Gasteiger partial charge >= 0.3 is 0 Å². The molecule has 8 heteroatoms. The first-order valence-corrected chi connectivity index (χ1v) is 12.3. The van der Waals surface area contributed by atoms with Gasteiger partial charge in [-0.15, -0.1) is 16.4 Å². The number of aryl methyl sites for hydroxylation is 1. The predicted octanol–water partition coefficient (Wildman–Crippen LogP) is 4.86. The maximum absolute atomic E-state index is 12.8. The van der Waals surface area contributed by atoms with Crippen LogP contribution in [0.1, 0.15) is 73.7 Å². The molecule has 0 radical (unpaired) electrons. The van der Waals surface area contributed by atoms with E-state index in [1.165, 1.54) is 48.7 Å². The summed E-state index contributed by atoms with van der Waals surface area (Å²) in [6.45, 7) is 1.86. The Hall–Kier alpha value is -1.85. The molecule has 2 aromatic heterocycles. The molecule has 1 saturated carbocycles. The fourth-order valence-corrected chi connectivity index (χ4v) is 6.27. The first kappa shape index (κ1) is 20.4. The van der Waals surface area contributed by atoms with E-state index >= 15 is 0 Å². The highest BCUT2D eigenvalue weighted by atomic mass is 32.2. The van der Waals surface area contributed by atoms with Crippen LogP contribution >= 0.6 is 23.1 Å². The first-order valence-electron chi connectivity index (χ1n) is 10.6. The normalized spacial score (nSPS) is 18.1. The van der Waals surface area contributed by atoms with Gasteiger partial charge in [-0.25, -0.2) is 4.98 Å². The Morgan fingerprint density at radius 1 is 1.31 bits per heavy atom. The number of amides is 1. The van der Waals surface area contributed by atoms with Crippen molar-refractivity contribution in [3.63, 3.8) is 0 Å². The third kappa shape index (κ3) is 4.84. The molecule has 2 aliphatic rings. The molecule has 2 N–H and O–H groups in total. The number of hydrogen-bond donors (Lipinski definition) is 2. The van der Waals surface area contributed by atoms with E-state index in [0.717, 1.165) is 43.5 Å². The topological polar surface area (TPSA) is 94.5 Å². The Morgan fingerprint density at radius 3 is 2.90 bits per heavy atom. The molecule has 0 aromatic carbocycles. The highest BCUT2D eigenvalue weighted by molar-refractivity contribution is 8.00. The largest absolute Gasteiger partial charge is 0.316 e. The van der Waals surface area contributed by atoms with Crippen LogP contribution in [-0.4, -0.2) is 26.3 Å². The number of nitrogens with zero attached hydrogens (tertiary/aromatic N) is 3. The monoisotopic (exact) mass is 429 g/mol. The number of rotatable bonds is 6. The van der Waals surface area contributed by atoms with Crippen molar-refractivity contribution >= 4 is 34.0 Å². The number of nitriles is 1. The number of thioether (sulfide) groups is 1. The molecule has 2 aliphatic carbocycles. The molecule has 1 amide bonds. The van der Waals surface area contributed by atoms with Crippen LogP contribution in [0.15, 0.2) is 5.16 Å². The van der Waals surface area contributed by atoms with E-state index in [-0.39, 0.29) is 11.2 Å². The van der Waals surface area contributed by atoms with Gasteiger partial charge in [-0.3, -0.25) is 9.89 Å². The molecule has 6 nitrogen and oxygen atoms in total. The number of H-pyrrole nitrogens is 1. The number of aromatic amines is 1. The molecule has 0 aliphatic heterocycles. The minimum absolute atomic E-state index is 0.106. The van der Waals surface area contributed by atoms with Crippen LogP contribution in [0.4, 0.5) is 5.00 Å². The Labute approximate surface area is 179 Å². The quantitative estimate of drug-likeness (QED) is 0.505. The van der Waals surface area contributed by atoms with Crippen LogP contribution in [0.2, 0.25) is 0 Å². The number of nitrogens with one attached hydrogen (secondary N) is 2. The van der Waals surface area contributed by atoms with E-state index < -0.39 is 0 Å². The maximum atomic E-state index is 12.8. The van der Waals surface area contributed by atoms with Crippen molar-refractivity contribution < 1.29 is 4.79 Å². The summed E-state index contributed by atoms with van der Waals surface area (Å²) < 4.78 is 0. The molecule has 0 bridgehead atoms. The summed E-state index contributed by atoms with van der Waals surface area (Å²) in [7, 11) is 0. The zero-order chi connectivity index (χ0) is 20.2. The summed E-state index contributed by atoms with van der Waals surface area (Å²) in [5.41, 5.74) is 1.81. The average Bonchev–Trinajstić information content (AvgIpc) is 3.40. The summed E-state index contributed by atoms with van der Waals surface area (Å²) in [5, 5.41) is 20.9. The van der Waals surface area contributed by atoms with E-state index in [2.05, 4.69) is 26.6 Å². The molecule has 1 unspecified atom stereocenters. The van der Waals surface area contributed by atoms with Gasteiger partial charge in [-0.05, 0) is 44.1 Å². The maximum Gasteiger partial charge on any atom is 0.238 e. The van der Waals surface area contributed by atoms with Crippen LogP contribution in [-0.2, 0) is 24.1 Å². The van der Waals surface area contributed by atoms with Crippen molar-refractivity contribution in [1.82, 2.24) is 15.2 Å². The van der Waals surface area contributed by atoms with Gasteiger partial charge in [-0.2, -0.15) is 5.26 Å². The second-order valence-corrected chi connectivity index (χ2v) is 10.5. The molecule has 2 heterocycles. The number of hydrogen-bond acceptors (Lipinski definition) is 6. The Kier molecular flexibility index (Phi) is 6.56. The Balaban J connectivity index is 1.37. The fraction of sp³-hybridized carbons (Fsp3) is 0.619. The van der Waals surface area contributed by atoms with Gasteiger partial charge < -0.3 is 5.32 Å². The Bertz CT molecular complexity index is 907. The standard InChI is InChI=1S/C21H27N5OS2/c1-13(28-21-23-18(25-26-21)11-14-7-5-6-8-14)19(27)24-20-16(12-22)15-9-3-2-4-10-17(15)29-20/h13-14H,2-11H2,1H3,(H,24,27)(H,23,25,26). The molecule has 4 rings (SSSR count). The van der Waals surface area contributed by atoms with Gasteiger partial charge in [0.15, 0.2) is 0 Å². The average molecular weight is 430 g/mol. The summed E-state index contributed by atoms with van der Waals surface area (Å²) >= 11 is 2.93. The summed E-state index contributed by atoms with van der Waals surface area (Å²) in [4.78, 5) is 18.6. The highest BCUT2D eigenvalue weighted by Crippen LogP contribution is 2.37. The van der Waals surface area contributed by atoms with Gasteiger partial charge in [-0.1, -0.05) is 43.9 Å². The smallest absolute Gasteiger partial charge is 0.238 e. The summed E-state index contributed by atoms with van der Waals surface area (Å²) in [5.74, 6) is 1.52. The predicted molar refractivity (Wildman–Crippen MR) is 116 cm³/mol. The summed E-state index contributed by atoms with van der Waals surface area (Å²) in [6.07, 6.45) is 11.6. The highest BCUT2D eigenvalue weighted by Gasteiger charge is 2.24. The van der Waals surface area contributed by atoms with Crippen LogP contribution in [0.3, 0.4) is 0 Å². The molecule has 154 valence electrons. The van der Waals surface area contributed by atoms with Gasteiger partial charge in [0.05, 0.1) is 10.8 Å². The van der Waals surface area contributed by atoms with Crippen molar-refractivity contribution in [1.29, 1.82) is 5.26 Å². The van der Waals surface area contributed by atoms with E-state index in [9.17, 15) is 10.1 Å². The van der Waals surface area contributed by atoms with E-state index in [1.807, 2.05) is 6.92 Å². The SMILES string of the molecule is CC(Sc1n[nH]c(CC2CCCC2)n1)C(=O)Nc1sc2c(c1C#N)CCCCC2. The lowest BCUT2D eigenvalue weighted by atomic mass is 10.0. The van der Waals surface area contributed by atoms with E-state index in [1.54, 1.807) is 11.3 Å². The third-order valence-corrected chi connectivity index (χ3v) is 8.06. The lowest BCUT2D eigenvalue weighted by molar-refractivity contribution is -0.115. The summed E-state index contributed by atoms with van der Waals surface area (Å²) in [6, 6.07) is 2.32. The van der Waals surface area contributed by atoms with E-state index in [4.69, 9.17) is 0 Å². The number of anilines is 1. The van der Waals surface area contributed by atoms with Gasteiger partial charge in [0.2, 0.25) is 11.1 Å². The van der Waals surface area contributed by atoms with Crippen LogP contribution < -0.4 is 5.32 Å². The Morgan fingerprint density at radius 2 is 2.10 bits per heavy atom. The molecule has 2 aromatic rings. The second kappa shape index (κ2) is 9.31. The fourth-order valence-electron chi connectivity index (χ4n) is 4.28. The number of aromatic nitrogens is 3. The van der Waals surface area contributed by atoms with Gasteiger partial charge in [0.1, 0.15) is 16.9 Å². The lowest BCUT2D eigenvalue weighted by Crippen LogP contribution is -2.22. The first-order chi connectivity index (χ1) is 14.1. The molecule has 29 heavy (non-hydrogen) atoms. The molecule has 0 saturated heterocycles. The minimum atomic E-state index is -0.335. The van der Waals surface area contributed by atoms with Gasteiger partial charge in [0, 0.05) is 11.3 Å². The van der Waals surface area contributed by atoms with Crippen LogP contribution in [0, 0.1) is 17.2 Å². The molecule has 0 spiro atoms. The molecular formula is C21H27N5OS2. The third-order valence-electron chi connectivity index (χ3n) is 5.89. The number of fused-ring (bicyclic) bond motifs is 1.